The van der Waals surface area contributed by atoms with Crippen molar-refractivity contribution in [1.82, 2.24) is 0 Å². The van der Waals surface area contributed by atoms with Crippen LogP contribution in [0.15, 0.2) is 24.3 Å². The van der Waals surface area contributed by atoms with Crippen LogP contribution in [0, 0.1) is 0 Å². The summed E-state index contributed by atoms with van der Waals surface area (Å²) in [7, 11) is -1.71. The molecule has 0 bridgehead atoms. The van der Waals surface area contributed by atoms with Crippen LogP contribution < -0.4 is 10.0 Å². The van der Waals surface area contributed by atoms with Gasteiger partial charge in [0.1, 0.15) is 0 Å². The van der Waals surface area contributed by atoms with Gasteiger partial charge in [0, 0.05) is 26.2 Å². The molecule has 0 radical (unpaired) electrons. The van der Waals surface area contributed by atoms with E-state index < -0.39 is 10.0 Å². The number of hydrogen-bond donors (Lipinski definition) is 1. The van der Waals surface area contributed by atoms with Gasteiger partial charge < -0.3 is 10.5 Å². The van der Waals surface area contributed by atoms with E-state index in [9.17, 15) is 8.42 Å². The summed E-state index contributed by atoms with van der Waals surface area (Å²) in [5.74, 6) is 0.318. The highest BCUT2D eigenvalue weighted by Gasteiger charge is 2.34. The summed E-state index contributed by atoms with van der Waals surface area (Å²) in [5.41, 5.74) is 7.53. The van der Waals surface area contributed by atoms with Crippen LogP contribution in [-0.2, 0) is 14.8 Å². The van der Waals surface area contributed by atoms with Gasteiger partial charge in [-0.05, 0) is 31.0 Å². The van der Waals surface area contributed by atoms with Crippen molar-refractivity contribution in [1.29, 1.82) is 0 Å². The van der Waals surface area contributed by atoms with Crippen LogP contribution in [0.4, 0.5) is 5.69 Å². The normalized spacial score (nSPS) is 18.3. The van der Waals surface area contributed by atoms with Crippen LogP contribution in [0.25, 0.3) is 0 Å². The van der Waals surface area contributed by atoms with Crippen LogP contribution in [0.1, 0.15) is 24.3 Å². The Kier molecular flexibility index (Phi) is 5.01. The molecule has 112 valence electrons. The summed E-state index contributed by atoms with van der Waals surface area (Å²) in [6.45, 7) is 1.53. The summed E-state index contributed by atoms with van der Waals surface area (Å²) < 4.78 is 31.4. The Bertz CT molecular complexity index is 545. The zero-order valence-electron chi connectivity index (χ0n) is 11.8. The number of hydrogen-bond acceptors (Lipinski definition) is 4. The molecule has 1 heterocycles. The second-order valence-electron chi connectivity index (χ2n) is 5.03. The summed E-state index contributed by atoms with van der Waals surface area (Å²) in [6.07, 6.45) is 1.32. The largest absolute Gasteiger partial charge is 0.385 e. The molecule has 1 aliphatic heterocycles. The number of sulfonamides is 1. The number of nitrogens with zero attached hydrogens (tertiary/aromatic N) is 1. The number of fused-ring (bicyclic) bond motifs is 1. The Labute approximate surface area is 120 Å². The third-order valence-electron chi connectivity index (χ3n) is 3.63. The number of rotatable bonds is 7. The lowest BCUT2D eigenvalue weighted by Crippen LogP contribution is -2.32. The van der Waals surface area contributed by atoms with Crippen molar-refractivity contribution in [2.45, 2.75) is 18.8 Å². The van der Waals surface area contributed by atoms with Gasteiger partial charge in [-0.1, -0.05) is 18.2 Å². The molecule has 5 nitrogen and oxygen atoms in total. The fraction of sp³-hybridized carbons (Fsp3) is 0.571. The van der Waals surface area contributed by atoms with Crippen molar-refractivity contribution in [3.8, 4) is 0 Å². The van der Waals surface area contributed by atoms with E-state index in [0.29, 0.717) is 26.1 Å². The summed E-state index contributed by atoms with van der Waals surface area (Å²) in [6, 6.07) is 7.70. The minimum atomic E-state index is -3.28. The lowest BCUT2D eigenvalue weighted by molar-refractivity contribution is 0.199. The maximum atomic E-state index is 12.5. The quantitative estimate of drug-likeness (QED) is 0.770. The van der Waals surface area contributed by atoms with Gasteiger partial charge in [-0.3, -0.25) is 4.31 Å². The zero-order chi connectivity index (χ0) is 14.6. The van der Waals surface area contributed by atoms with E-state index in [1.807, 2.05) is 24.3 Å². The molecule has 6 heteroatoms. The Hall–Kier alpha value is -1.11. The van der Waals surface area contributed by atoms with E-state index in [1.165, 1.54) is 4.31 Å². The Morgan fingerprint density at radius 2 is 2.15 bits per heavy atom. The molecule has 20 heavy (non-hydrogen) atoms. The van der Waals surface area contributed by atoms with Crippen LogP contribution in [0.2, 0.25) is 0 Å². The first-order chi connectivity index (χ1) is 9.60. The molecule has 0 saturated carbocycles. The number of ether oxygens (including phenoxy) is 1. The topological polar surface area (TPSA) is 72.6 Å². The third kappa shape index (κ3) is 3.13. The fourth-order valence-corrected chi connectivity index (χ4v) is 4.24. The Balaban J connectivity index is 2.21. The van der Waals surface area contributed by atoms with E-state index in [4.69, 9.17) is 10.5 Å². The SMILES string of the molecule is COCCCS(=O)(=O)N1CC(CCN)c2ccccc21. The second-order valence-corrected chi connectivity index (χ2v) is 7.04. The standard InChI is InChI=1S/C14H22N2O3S/c1-19-9-4-10-20(17,18)16-11-12(7-8-15)13-5-2-3-6-14(13)16/h2-3,5-6,12H,4,7-11,15H2,1H3. The molecule has 1 aromatic rings. The van der Waals surface area contributed by atoms with E-state index >= 15 is 0 Å². The molecule has 0 spiro atoms. The van der Waals surface area contributed by atoms with Gasteiger partial charge in [0.05, 0.1) is 11.4 Å². The molecule has 2 N–H and O–H groups in total. The van der Waals surface area contributed by atoms with E-state index in [1.54, 1.807) is 7.11 Å². The monoisotopic (exact) mass is 298 g/mol. The van der Waals surface area contributed by atoms with Crippen molar-refractivity contribution in [2.75, 3.05) is 36.9 Å². The van der Waals surface area contributed by atoms with Crippen molar-refractivity contribution >= 4 is 15.7 Å². The average Bonchev–Trinajstić information content (AvgIpc) is 2.80. The highest BCUT2D eigenvalue weighted by atomic mass is 32.2. The molecule has 0 fully saturated rings. The van der Waals surface area contributed by atoms with Gasteiger partial charge in [0.15, 0.2) is 0 Å². The number of methoxy groups -OCH3 is 1. The highest BCUT2D eigenvalue weighted by molar-refractivity contribution is 7.92. The zero-order valence-corrected chi connectivity index (χ0v) is 12.6. The Morgan fingerprint density at radius 1 is 1.40 bits per heavy atom. The first-order valence-electron chi connectivity index (χ1n) is 6.88. The maximum Gasteiger partial charge on any atom is 0.235 e. The van der Waals surface area contributed by atoms with Crippen molar-refractivity contribution in [2.24, 2.45) is 5.73 Å². The molecule has 0 aromatic heterocycles. The first kappa shape index (κ1) is 15.3. The number of anilines is 1. The third-order valence-corrected chi connectivity index (χ3v) is 5.46. The van der Waals surface area contributed by atoms with Gasteiger partial charge in [0.25, 0.3) is 0 Å². The van der Waals surface area contributed by atoms with Gasteiger partial charge in [-0.2, -0.15) is 0 Å². The van der Waals surface area contributed by atoms with Gasteiger partial charge in [-0.25, -0.2) is 8.42 Å². The van der Waals surface area contributed by atoms with Crippen LogP contribution >= 0.6 is 0 Å². The molecule has 1 aromatic carbocycles. The predicted molar refractivity (Wildman–Crippen MR) is 80.5 cm³/mol. The molecule has 1 atom stereocenters. The predicted octanol–water partition coefficient (Wildman–Crippen LogP) is 1.31. The van der Waals surface area contributed by atoms with Crippen LogP contribution in [-0.4, -0.2) is 41.0 Å². The van der Waals surface area contributed by atoms with Crippen molar-refractivity contribution in [3.05, 3.63) is 29.8 Å². The summed E-state index contributed by atoms with van der Waals surface area (Å²) >= 11 is 0. The Morgan fingerprint density at radius 3 is 2.85 bits per heavy atom. The smallest absolute Gasteiger partial charge is 0.235 e. The molecular formula is C14H22N2O3S. The molecular weight excluding hydrogens is 276 g/mol. The molecule has 1 aliphatic rings. The van der Waals surface area contributed by atoms with Gasteiger partial charge >= 0.3 is 0 Å². The van der Waals surface area contributed by atoms with Crippen molar-refractivity contribution in [3.63, 3.8) is 0 Å². The summed E-state index contributed by atoms with van der Waals surface area (Å²) in [4.78, 5) is 0. The fourth-order valence-electron chi connectivity index (χ4n) is 2.66. The molecule has 2 rings (SSSR count). The van der Waals surface area contributed by atoms with E-state index in [-0.39, 0.29) is 11.7 Å². The van der Waals surface area contributed by atoms with E-state index in [2.05, 4.69) is 0 Å². The minimum absolute atomic E-state index is 0.116. The lowest BCUT2D eigenvalue weighted by Gasteiger charge is -2.20. The number of nitrogens with two attached hydrogens (primary N) is 1. The first-order valence-corrected chi connectivity index (χ1v) is 8.49. The molecule has 1 unspecified atom stereocenters. The average molecular weight is 298 g/mol. The van der Waals surface area contributed by atoms with Crippen LogP contribution in [0.3, 0.4) is 0 Å². The summed E-state index contributed by atoms with van der Waals surface area (Å²) in [5, 5.41) is 0. The van der Waals surface area contributed by atoms with E-state index in [0.717, 1.165) is 17.7 Å². The number of benzene rings is 1. The molecule has 0 amide bonds. The van der Waals surface area contributed by atoms with Gasteiger partial charge in [0.2, 0.25) is 10.0 Å². The van der Waals surface area contributed by atoms with Gasteiger partial charge in [-0.15, -0.1) is 0 Å². The molecule has 0 aliphatic carbocycles. The maximum absolute atomic E-state index is 12.5. The highest BCUT2D eigenvalue weighted by Crippen LogP contribution is 2.39. The second kappa shape index (κ2) is 6.56. The number of para-hydroxylation sites is 1. The minimum Gasteiger partial charge on any atom is -0.385 e. The van der Waals surface area contributed by atoms with Crippen molar-refractivity contribution < 1.29 is 13.2 Å². The molecule has 0 saturated heterocycles. The lowest BCUT2D eigenvalue weighted by atomic mass is 9.98. The van der Waals surface area contributed by atoms with Crippen LogP contribution in [0.5, 0.6) is 0 Å².